The van der Waals surface area contributed by atoms with Gasteiger partial charge in [0.1, 0.15) is 6.26 Å². The van der Waals surface area contributed by atoms with Gasteiger partial charge in [-0.2, -0.15) is 0 Å². The maximum Gasteiger partial charge on any atom is 0.299 e. The molecule has 0 atom stereocenters. The Kier molecular flexibility index (Phi) is 5.34. The Hall–Kier alpha value is -0.426. The molecule has 0 heterocycles. The van der Waals surface area contributed by atoms with Gasteiger partial charge < -0.3 is 13.6 Å². The molecular weight excluding hydrogens is 248 g/mol. The molecule has 0 aromatic heterocycles. The van der Waals surface area contributed by atoms with Gasteiger partial charge in [-0.25, -0.2) is 0 Å². The summed E-state index contributed by atoms with van der Waals surface area (Å²) in [5.41, 5.74) is 0. The lowest BCUT2D eigenvalue weighted by Crippen LogP contribution is -2.39. The lowest BCUT2D eigenvalue weighted by atomic mass is 10.2. The average molecular weight is 277 g/mol. The molecule has 0 spiro atoms. The highest BCUT2D eigenvalue weighted by atomic mass is 28.4. The van der Waals surface area contributed by atoms with Crippen molar-refractivity contribution < 1.29 is 13.6 Å². The predicted octanol–water partition coefficient (Wildman–Crippen LogP) is 4.31. The summed E-state index contributed by atoms with van der Waals surface area (Å²) in [6.07, 6.45) is 1.65. The van der Waals surface area contributed by atoms with Gasteiger partial charge in [-0.3, -0.25) is 0 Å². The highest BCUT2D eigenvalue weighted by Gasteiger charge is 2.38. The number of hydrogen-bond acceptors (Lipinski definition) is 3. The van der Waals surface area contributed by atoms with E-state index in [9.17, 15) is 0 Å². The van der Waals surface area contributed by atoms with Crippen molar-refractivity contribution in [2.75, 3.05) is 7.11 Å². The Morgan fingerprint density at radius 3 is 1.76 bits per heavy atom. The molecule has 102 valence electrons. The van der Waals surface area contributed by atoms with Gasteiger partial charge in [-0.1, -0.05) is 20.8 Å². The van der Waals surface area contributed by atoms with Crippen LogP contribution in [0.3, 0.4) is 0 Å². The molecule has 0 saturated heterocycles. The molecule has 0 saturated carbocycles. The van der Waals surface area contributed by atoms with E-state index in [1.54, 1.807) is 13.4 Å². The van der Waals surface area contributed by atoms with E-state index in [0.29, 0.717) is 5.95 Å². The summed E-state index contributed by atoms with van der Waals surface area (Å²) in [5, 5.41) is 0.182. The van der Waals surface area contributed by atoms with Crippen molar-refractivity contribution >= 4 is 16.6 Å². The third kappa shape index (κ3) is 6.17. The largest absolute Gasteiger partial charge is 0.544 e. The first-order chi connectivity index (χ1) is 7.39. The molecular formula is C12H28O3Si2. The Morgan fingerprint density at radius 2 is 1.47 bits per heavy atom. The minimum absolute atomic E-state index is 0.182. The summed E-state index contributed by atoms with van der Waals surface area (Å²) in [6, 6.07) is 0. The van der Waals surface area contributed by atoms with Gasteiger partial charge in [0.05, 0.1) is 7.11 Å². The predicted molar refractivity (Wildman–Crippen MR) is 77.8 cm³/mol. The standard InChI is InChI=1S/C12H28O3Si2/c1-12(2,3)17(8,9)14-10-11(13-4)15-16(5,6)7/h10H,1-9H3. The van der Waals surface area contributed by atoms with Crippen LogP contribution in [-0.2, 0) is 13.6 Å². The highest BCUT2D eigenvalue weighted by Crippen LogP contribution is 2.36. The molecule has 0 rings (SSSR count). The quantitative estimate of drug-likeness (QED) is 0.553. The van der Waals surface area contributed by atoms with Crippen LogP contribution in [0.15, 0.2) is 12.2 Å². The zero-order valence-electron chi connectivity index (χ0n) is 12.8. The SMILES string of the molecule is COC(=CO[Si](C)(C)C(C)(C)C)O[Si](C)(C)C. The summed E-state index contributed by atoms with van der Waals surface area (Å²) in [4.78, 5) is 0. The van der Waals surface area contributed by atoms with E-state index < -0.39 is 16.6 Å². The number of rotatable bonds is 5. The molecule has 0 bridgehead atoms. The smallest absolute Gasteiger partial charge is 0.299 e. The van der Waals surface area contributed by atoms with Gasteiger partial charge >= 0.3 is 0 Å². The summed E-state index contributed by atoms with van der Waals surface area (Å²) in [5.74, 6) is 0.494. The maximum absolute atomic E-state index is 5.94. The lowest BCUT2D eigenvalue weighted by molar-refractivity contribution is 0.133. The van der Waals surface area contributed by atoms with Crippen LogP contribution in [-0.4, -0.2) is 23.7 Å². The fraction of sp³-hybridized carbons (Fsp3) is 0.833. The third-order valence-corrected chi connectivity index (χ3v) is 8.00. The van der Waals surface area contributed by atoms with Crippen LogP contribution in [0, 0.1) is 0 Å². The second kappa shape index (κ2) is 5.48. The number of hydrogen-bond donors (Lipinski definition) is 0. The van der Waals surface area contributed by atoms with Crippen LogP contribution in [0.1, 0.15) is 20.8 Å². The Labute approximate surface area is 108 Å². The fourth-order valence-electron chi connectivity index (χ4n) is 0.788. The lowest BCUT2D eigenvalue weighted by Gasteiger charge is -2.35. The maximum atomic E-state index is 5.94. The molecule has 0 aromatic carbocycles. The molecule has 3 nitrogen and oxygen atoms in total. The van der Waals surface area contributed by atoms with E-state index in [0.717, 1.165) is 0 Å². The zero-order chi connectivity index (χ0) is 13.9. The molecule has 0 fully saturated rings. The normalized spacial score (nSPS) is 14.5. The molecule has 0 unspecified atom stereocenters. The van der Waals surface area contributed by atoms with Crippen molar-refractivity contribution in [3.05, 3.63) is 12.2 Å². The van der Waals surface area contributed by atoms with E-state index in [-0.39, 0.29) is 5.04 Å². The number of ether oxygens (including phenoxy) is 1. The van der Waals surface area contributed by atoms with E-state index in [1.165, 1.54) is 0 Å². The van der Waals surface area contributed by atoms with E-state index in [2.05, 4.69) is 53.5 Å². The van der Waals surface area contributed by atoms with Crippen molar-refractivity contribution in [1.82, 2.24) is 0 Å². The van der Waals surface area contributed by atoms with Crippen LogP contribution >= 0.6 is 0 Å². The third-order valence-electron chi connectivity index (χ3n) is 2.86. The minimum atomic E-state index is -1.78. The average Bonchev–Trinajstić information content (AvgIpc) is 2.08. The van der Waals surface area contributed by atoms with Crippen LogP contribution < -0.4 is 0 Å². The summed E-state index contributed by atoms with van der Waals surface area (Å²) < 4.78 is 16.9. The first-order valence-electron chi connectivity index (χ1n) is 6.00. The molecule has 0 aromatic rings. The molecule has 5 heteroatoms. The van der Waals surface area contributed by atoms with Gasteiger partial charge in [0, 0.05) is 0 Å². The van der Waals surface area contributed by atoms with Crippen LogP contribution in [0.5, 0.6) is 0 Å². The number of methoxy groups -OCH3 is 1. The second-order valence-corrected chi connectivity index (χ2v) is 15.9. The Balaban J connectivity index is 4.68. The summed E-state index contributed by atoms with van der Waals surface area (Å²) in [6.45, 7) is 17.4. The first-order valence-corrected chi connectivity index (χ1v) is 12.3. The van der Waals surface area contributed by atoms with Gasteiger partial charge in [0.2, 0.25) is 16.6 Å². The zero-order valence-corrected chi connectivity index (χ0v) is 14.8. The van der Waals surface area contributed by atoms with E-state index >= 15 is 0 Å². The van der Waals surface area contributed by atoms with Crippen LogP contribution in [0.2, 0.25) is 37.8 Å². The Bertz CT molecular complexity index is 272. The molecule has 0 N–H and O–H groups in total. The molecule has 0 aliphatic rings. The van der Waals surface area contributed by atoms with Crippen LogP contribution in [0.25, 0.3) is 0 Å². The van der Waals surface area contributed by atoms with Crippen molar-refractivity contribution in [2.24, 2.45) is 0 Å². The van der Waals surface area contributed by atoms with Crippen molar-refractivity contribution in [1.29, 1.82) is 0 Å². The molecule has 17 heavy (non-hydrogen) atoms. The molecule has 0 amide bonds. The van der Waals surface area contributed by atoms with Crippen molar-refractivity contribution in [3.63, 3.8) is 0 Å². The van der Waals surface area contributed by atoms with E-state index in [4.69, 9.17) is 13.6 Å². The Morgan fingerprint density at radius 1 is 1.00 bits per heavy atom. The topological polar surface area (TPSA) is 27.7 Å². The molecule has 0 aliphatic heterocycles. The van der Waals surface area contributed by atoms with Crippen molar-refractivity contribution in [3.8, 4) is 0 Å². The van der Waals surface area contributed by atoms with Crippen molar-refractivity contribution in [2.45, 2.75) is 58.5 Å². The second-order valence-electron chi connectivity index (χ2n) is 6.73. The minimum Gasteiger partial charge on any atom is -0.544 e. The molecule has 0 aliphatic carbocycles. The first kappa shape index (κ1) is 16.6. The monoisotopic (exact) mass is 276 g/mol. The van der Waals surface area contributed by atoms with Gasteiger partial charge in [-0.15, -0.1) is 0 Å². The van der Waals surface area contributed by atoms with Gasteiger partial charge in [0.15, 0.2) is 0 Å². The highest BCUT2D eigenvalue weighted by molar-refractivity contribution is 6.74. The fourth-order valence-corrected chi connectivity index (χ4v) is 2.27. The van der Waals surface area contributed by atoms with Crippen LogP contribution in [0.4, 0.5) is 0 Å². The van der Waals surface area contributed by atoms with Gasteiger partial charge in [0.25, 0.3) is 5.95 Å². The van der Waals surface area contributed by atoms with E-state index in [1.807, 2.05) is 0 Å². The summed E-state index contributed by atoms with van der Waals surface area (Å²) >= 11 is 0. The molecule has 0 radical (unpaired) electrons. The van der Waals surface area contributed by atoms with Gasteiger partial charge in [-0.05, 0) is 37.8 Å². The summed E-state index contributed by atoms with van der Waals surface area (Å²) in [7, 11) is -1.81.